The number of carboxylic acid groups (broad SMARTS) is 1. The van der Waals surface area contributed by atoms with Gasteiger partial charge in [0.25, 0.3) is 5.91 Å². The summed E-state index contributed by atoms with van der Waals surface area (Å²) in [4.78, 5) is 26.9. The smallest absolute Gasteiger partial charge is 0.336 e. The van der Waals surface area contributed by atoms with Crippen molar-refractivity contribution in [3.8, 4) is 0 Å². The normalized spacial score (nSPS) is 10.2. The van der Waals surface area contributed by atoms with Crippen LogP contribution in [0, 0.1) is 0 Å². The summed E-state index contributed by atoms with van der Waals surface area (Å²) in [5.74, 6) is -1.14. The number of nitrogens with zero attached hydrogens (tertiary/aromatic N) is 3. The van der Waals surface area contributed by atoms with Crippen LogP contribution in [-0.2, 0) is 13.6 Å². The highest BCUT2D eigenvalue weighted by molar-refractivity contribution is 6.04. The van der Waals surface area contributed by atoms with Crippen molar-refractivity contribution in [2.75, 3.05) is 0 Å². The van der Waals surface area contributed by atoms with E-state index in [1.807, 2.05) is 0 Å². The summed E-state index contributed by atoms with van der Waals surface area (Å²) in [7, 11) is 1.72. The van der Waals surface area contributed by atoms with Crippen LogP contribution in [0.15, 0.2) is 30.6 Å². The predicted octanol–water partition coefficient (Wildman–Crippen LogP) is 0.443. The lowest BCUT2D eigenvalue weighted by Crippen LogP contribution is -2.25. The molecule has 0 fully saturated rings. The Balaban J connectivity index is 2.10. The highest BCUT2D eigenvalue weighted by Gasteiger charge is 2.15. The second-order valence-electron chi connectivity index (χ2n) is 3.87. The summed E-state index contributed by atoms with van der Waals surface area (Å²) < 4.78 is 1.52. The summed E-state index contributed by atoms with van der Waals surface area (Å²) in [6.07, 6.45) is 1.52. The Morgan fingerprint density at radius 2 is 2.00 bits per heavy atom. The molecule has 0 saturated carbocycles. The molecule has 0 radical (unpaired) electrons. The molecule has 2 rings (SSSR count). The Morgan fingerprint density at radius 3 is 2.58 bits per heavy atom. The van der Waals surface area contributed by atoms with E-state index in [1.54, 1.807) is 19.2 Å². The number of carboxylic acids is 1. The van der Waals surface area contributed by atoms with Crippen LogP contribution in [0.5, 0.6) is 0 Å². The summed E-state index contributed by atoms with van der Waals surface area (Å²) >= 11 is 0. The fraction of sp³-hybridized carbons (Fsp3) is 0.167. The molecule has 7 nitrogen and oxygen atoms in total. The van der Waals surface area contributed by atoms with E-state index in [2.05, 4.69) is 15.4 Å². The molecule has 0 aliphatic heterocycles. The van der Waals surface area contributed by atoms with Gasteiger partial charge in [-0.3, -0.25) is 9.48 Å². The maximum absolute atomic E-state index is 11.9. The van der Waals surface area contributed by atoms with Gasteiger partial charge in [0.05, 0.1) is 17.7 Å². The van der Waals surface area contributed by atoms with Gasteiger partial charge in [0, 0.05) is 7.05 Å². The number of hydrogen-bond acceptors (Lipinski definition) is 4. The summed E-state index contributed by atoms with van der Waals surface area (Å²) in [5.41, 5.74) is 0.0833. The van der Waals surface area contributed by atoms with Crippen LogP contribution in [0.3, 0.4) is 0 Å². The van der Waals surface area contributed by atoms with Crippen molar-refractivity contribution < 1.29 is 14.7 Å². The molecular weight excluding hydrogens is 248 g/mol. The fourth-order valence-electron chi connectivity index (χ4n) is 1.59. The van der Waals surface area contributed by atoms with Gasteiger partial charge >= 0.3 is 5.97 Å². The number of nitrogens with one attached hydrogen (secondary N) is 1. The maximum atomic E-state index is 11.9. The van der Waals surface area contributed by atoms with Gasteiger partial charge in [0.15, 0.2) is 5.82 Å². The van der Waals surface area contributed by atoms with E-state index < -0.39 is 11.9 Å². The van der Waals surface area contributed by atoms with Gasteiger partial charge < -0.3 is 10.4 Å². The fourth-order valence-corrected chi connectivity index (χ4v) is 1.59. The minimum absolute atomic E-state index is 0.0334. The Kier molecular flexibility index (Phi) is 3.56. The van der Waals surface area contributed by atoms with E-state index >= 15 is 0 Å². The van der Waals surface area contributed by atoms with Gasteiger partial charge in [-0.2, -0.15) is 5.10 Å². The van der Waals surface area contributed by atoms with Gasteiger partial charge in [-0.15, -0.1) is 0 Å². The summed E-state index contributed by atoms with van der Waals surface area (Å²) in [6.45, 7) is 0.146. The number of rotatable bonds is 4. The highest BCUT2D eigenvalue weighted by Crippen LogP contribution is 2.08. The van der Waals surface area contributed by atoms with Crippen LogP contribution in [0.2, 0.25) is 0 Å². The number of carbonyl (C=O) groups is 2. The van der Waals surface area contributed by atoms with Crippen LogP contribution in [0.4, 0.5) is 0 Å². The number of carbonyl (C=O) groups excluding carboxylic acids is 1. The Morgan fingerprint density at radius 1 is 1.32 bits per heavy atom. The summed E-state index contributed by atoms with van der Waals surface area (Å²) in [6, 6.07) is 6.03. The van der Waals surface area contributed by atoms with Crippen LogP contribution in [-0.4, -0.2) is 31.7 Å². The van der Waals surface area contributed by atoms with Crippen molar-refractivity contribution in [2.45, 2.75) is 6.54 Å². The molecule has 0 spiro atoms. The first-order chi connectivity index (χ1) is 9.08. The van der Waals surface area contributed by atoms with E-state index in [0.717, 1.165) is 0 Å². The molecule has 98 valence electrons. The number of aryl methyl sites for hydroxylation is 1. The first-order valence-corrected chi connectivity index (χ1v) is 5.53. The van der Waals surface area contributed by atoms with Gasteiger partial charge in [-0.25, -0.2) is 9.78 Å². The monoisotopic (exact) mass is 260 g/mol. The lowest BCUT2D eigenvalue weighted by atomic mass is 10.1. The SMILES string of the molecule is Cn1cnc(CNC(=O)c2ccccc2C(=O)O)n1. The lowest BCUT2D eigenvalue weighted by Gasteiger charge is -2.05. The Labute approximate surface area is 108 Å². The highest BCUT2D eigenvalue weighted by atomic mass is 16.4. The average Bonchev–Trinajstić information content (AvgIpc) is 2.81. The van der Waals surface area contributed by atoms with E-state index in [9.17, 15) is 9.59 Å². The molecule has 2 N–H and O–H groups in total. The van der Waals surface area contributed by atoms with Gasteiger partial charge in [0.1, 0.15) is 6.33 Å². The second kappa shape index (κ2) is 5.30. The molecule has 1 amide bonds. The van der Waals surface area contributed by atoms with Crippen LogP contribution in [0.1, 0.15) is 26.5 Å². The molecule has 1 aromatic heterocycles. The van der Waals surface area contributed by atoms with Crippen molar-refractivity contribution in [2.24, 2.45) is 7.05 Å². The zero-order valence-electron chi connectivity index (χ0n) is 10.2. The van der Waals surface area contributed by atoms with Gasteiger partial charge in [-0.1, -0.05) is 12.1 Å². The van der Waals surface area contributed by atoms with Crippen molar-refractivity contribution in [3.05, 3.63) is 47.5 Å². The zero-order chi connectivity index (χ0) is 13.8. The molecule has 0 atom stereocenters. The Bertz CT molecular complexity index is 621. The molecule has 19 heavy (non-hydrogen) atoms. The molecule has 0 aliphatic carbocycles. The van der Waals surface area contributed by atoms with Crippen LogP contribution >= 0.6 is 0 Å². The minimum Gasteiger partial charge on any atom is -0.478 e. The van der Waals surface area contributed by atoms with Crippen LogP contribution < -0.4 is 5.32 Å². The number of hydrogen-bond donors (Lipinski definition) is 2. The van der Waals surface area contributed by atoms with Crippen LogP contribution in [0.25, 0.3) is 0 Å². The maximum Gasteiger partial charge on any atom is 0.336 e. The number of aromatic carboxylic acids is 1. The molecule has 7 heteroatoms. The molecule has 0 unspecified atom stereocenters. The largest absolute Gasteiger partial charge is 0.478 e. The van der Waals surface area contributed by atoms with Gasteiger partial charge in [-0.05, 0) is 12.1 Å². The third-order valence-corrected chi connectivity index (χ3v) is 2.46. The van der Waals surface area contributed by atoms with Crippen molar-refractivity contribution in [1.29, 1.82) is 0 Å². The molecule has 1 heterocycles. The molecule has 0 saturated heterocycles. The van der Waals surface area contributed by atoms with Crippen molar-refractivity contribution in [3.63, 3.8) is 0 Å². The minimum atomic E-state index is -1.14. The summed E-state index contributed by atoms with van der Waals surface area (Å²) in [5, 5.41) is 15.6. The van der Waals surface area contributed by atoms with E-state index in [0.29, 0.717) is 5.82 Å². The average molecular weight is 260 g/mol. The van der Waals surface area contributed by atoms with E-state index in [4.69, 9.17) is 5.11 Å². The first kappa shape index (κ1) is 12.7. The predicted molar refractivity (Wildman–Crippen MR) is 65.6 cm³/mol. The lowest BCUT2D eigenvalue weighted by molar-refractivity contribution is 0.0691. The third kappa shape index (κ3) is 2.95. The quantitative estimate of drug-likeness (QED) is 0.831. The van der Waals surface area contributed by atoms with Gasteiger partial charge in [0.2, 0.25) is 0 Å². The second-order valence-corrected chi connectivity index (χ2v) is 3.87. The van der Waals surface area contributed by atoms with Crippen molar-refractivity contribution >= 4 is 11.9 Å². The number of benzene rings is 1. The molecular formula is C12H12N4O3. The molecule has 2 aromatic rings. The topological polar surface area (TPSA) is 97.1 Å². The zero-order valence-corrected chi connectivity index (χ0v) is 10.2. The standard InChI is InChI=1S/C12H12N4O3/c1-16-7-14-10(15-16)6-13-11(17)8-4-2-3-5-9(8)12(18)19/h2-5,7H,6H2,1H3,(H,13,17)(H,18,19). The third-order valence-electron chi connectivity index (χ3n) is 2.46. The first-order valence-electron chi connectivity index (χ1n) is 5.53. The Hall–Kier alpha value is -2.70. The molecule has 0 bridgehead atoms. The van der Waals surface area contributed by atoms with E-state index in [-0.39, 0.29) is 17.7 Å². The molecule has 0 aliphatic rings. The van der Waals surface area contributed by atoms with E-state index in [1.165, 1.54) is 23.1 Å². The molecule has 1 aromatic carbocycles. The number of aromatic nitrogens is 3. The van der Waals surface area contributed by atoms with Crippen molar-refractivity contribution in [1.82, 2.24) is 20.1 Å². The number of amides is 1.